The number of aryl methyl sites for hydroxylation is 1. The number of nitrogens with zero attached hydrogens (tertiary/aromatic N) is 5. The molecule has 0 spiro atoms. The lowest BCUT2D eigenvalue weighted by molar-refractivity contribution is 0.199. The molecule has 8 nitrogen and oxygen atoms in total. The van der Waals surface area contributed by atoms with Crippen LogP contribution in [0, 0.1) is 6.92 Å². The third kappa shape index (κ3) is 3.80. The number of nitrogens with one attached hydrogen (secondary N) is 1. The Morgan fingerprint density at radius 1 is 1.15 bits per heavy atom. The lowest BCUT2D eigenvalue weighted by atomic mass is 10.1. The topological polar surface area (TPSA) is 90.4 Å². The van der Waals surface area contributed by atoms with Gasteiger partial charge < -0.3 is 14.6 Å². The first-order chi connectivity index (χ1) is 13.2. The molecule has 8 heteroatoms. The lowest BCUT2D eigenvalue weighted by Crippen LogP contribution is -2.07. The van der Waals surface area contributed by atoms with E-state index in [1.165, 1.54) is 0 Å². The molecule has 4 aromatic rings. The molecule has 27 heavy (non-hydrogen) atoms. The average Bonchev–Trinajstić information content (AvgIpc) is 3.30. The van der Waals surface area contributed by atoms with Crippen molar-refractivity contribution < 1.29 is 9.26 Å². The zero-order chi connectivity index (χ0) is 18.6. The second kappa shape index (κ2) is 7.55. The molecular formula is C19H20N6O2. The van der Waals surface area contributed by atoms with E-state index in [2.05, 4.69) is 20.6 Å². The lowest BCUT2D eigenvalue weighted by Gasteiger charge is -2.09. The number of aromatic nitrogens is 5. The highest BCUT2D eigenvalue weighted by atomic mass is 16.5. The first kappa shape index (κ1) is 17.2. The van der Waals surface area contributed by atoms with Crippen LogP contribution in [0.25, 0.3) is 16.9 Å². The number of rotatable bonds is 7. The minimum atomic E-state index is 0.395. The third-order valence-electron chi connectivity index (χ3n) is 4.08. The largest absolute Gasteiger partial charge is 0.384 e. The van der Waals surface area contributed by atoms with E-state index < -0.39 is 0 Å². The van der Waals surface area contributed by atoms with Crippen LogP contribution in [0.2, 0.25) is 0 Å². The highest BCUT2D eigenvalue weighted by Gasteiger charge is 2.11. The van der Waals surface area contributed by atoms with Gasteiger partial charge in [-0.2, -0.15) is 14.6 Å². The molecule has 0 saturated heterocycles. The van der Waals surface area contributed by atoms with Crippen LogP contribution in [0.3, 0.4) is 0 Å². The Hall–Kier alpha value is -3.26. The Morgan fingerprint density at radius 2 is 2.00 bits per heavy atom. The molecule has 0 aliphatic heterocycles. The van der Waals surface area contributed by atoms with Crippen molar-refractivity contribution in [3.8, 4) is 11.3 Å². The summed E-state index contributed by atoms with van der Waals surface area (Å²) < 4.78 is 12.1. The van der Waals surface area contributed by atoms with E-state index in [-0.39, 0.29) is 0 Å². The second-order valence-corrected chi connectivity index (χ2v) is 6.15. The van der Waals surface area contributed by atoms with E-state index in [1.807, 2.05) is 49.4 Å². The van der Waals surface area contributed by atoms with Crippen molar-refractivity contribution in [2.75, 3.05) is 19.0 Å². The van der Waals surface area contributed by atoms with Crippen LogP contribution in [0.15, 0.2) is 47.0 Å². The molecule has 0 amide bonds. The summed E-state index contributed by atoms with van der Waals surface area (Å²) in [6.07, 6.45) is 0.621. The van der Waals surface area contributed by atoms with Crippen molar-refractivity contribution in [1.29, 1.82) is 0 Å². The van der Waals surface area contributed by atoms with Gasteiger partial charge in [0.25, 0.3) is 0 Å². The van der Waals surface area contributed by atoms with Crippen LogP contribution >= 0.6 is 0 Å². The Bertz CT molecular complexity index is 1040. The Balaban J connectivity index is 1.61. The van der Waals surface area contributed by atoms with Crippen molar-refractivity contribution in [2.45, 2.75) is 19.9 Å². The summed E-state index contributed by atoms with van der Waals surface area (Å²) in [6.45, 7) is 2.90. The smallest absolute Gasteiger partial charge is 0.245 e. The van der Waals surface area contributed by atoms with Gasteiger partial charge in [-0.05, 0) is 6.92 Å². The SMILES string of the molecule is COCCc1noc(CNc2cc(-c3ccccc3)nc3cc(C)nn23)n1. The monoisotopic (exact) mass is 364 g/mol. The maximum atomic E-state index is 5.29. The van der Waals surface area contributed by atoms with Gasteiger partial charge in [0.05, 0.1) is 24.5 Å². The van der Waals surface area contributed by atoms with Crippen molar-refractivity contribution in [3.05, 3.63) is 59.9 Å². The molecule has 1 N–H and O–H groups in total. The van der Waals surface area contributed by atoms with Gasteiger partial charge in [-0.1, -0.05) is 35.5 Å². The molecule has 0 unspecified atom stereocenters. The molecule has 0 radical (unpaired) electrons. The van der Waals surface area contributed by atoms with Crippen LogP contribution in [0.5, 0.6) is 0 Å². The zero-order valence-electron chi connectivity index (χ0n) is 15.2. The van der Waals surface area contributed by atoms with Gasteiger partial charge in [0.1, 0.15) is 5.82 Å². The van der Waals surface area contributed by atoms with Crippen LogP contribution in [-0.4, -0.2) is 38.5 Å². The predicted octanol–water partition coefficient (Wildman–Crippen LogP) is 2.89. The number of hydrogen-bond acceptors (Lipinski definition) is 7. The highest BCUT2D eigenvalue weighted by Crippen LogP contribution is 2.23. The van der Waals surface area contributed by atoms with Gasteiger partial charge in [0, 0.05) is 31.2 Å². The molecule has 138 valence electrons. The molecule has 0 atom stereocenters. The number of methoxy groups -OCH3 is 1. The van der Waals surface area contributed by atoms with Crippen molar-refractivity contribution >= 4 is 11.5 Å². The molecule has 1 aromatic carbocycles. The summed E-state index contributed by atoms with van der Waals surface area (Å²) in [5.41, 5.74) is 3.59. The fraction of sp³-hybridized carbons (Fsp3) is 0.263. The first-order valence-electron chi connectivity index (χ1n) is 8.70. The molecule has 0 bridgehead atoms. The summed E-state index contributed by atoms with van der Waals surface area (Å²) in [6, 6.07) is 14.0. The number of fused-ring (bicyclic) bond motifs is 1. The van der Waals surface area contributed by atoms with E-state index in [0.717, 1.165) is 28.4 Å². The summed E-state index contributed by atoms with van der Waals surface area (Å²) in [4.78, 5) is 9.08. The van der Waals surface area contributed by atoms with Crippen LogP contribution in [0.4, 0.5) is 5.82 Å². The fourth-order valence-corrected chi connectivity index (χ4v) is 2.79. The summed E-state index contributed by atoms with van der Waals surface area (Å²) in [5.74, 6) is 1.95. The van der Waals surface area contributed by atoms with E-state index >= 15 is 0 Å². The van der Waals surface area contributed by atoms with E-state index in [1.54, 1.807) is 11.6 Å². The van der Waals surface area contributed by atoms with Gasteiger partial charge in [-0.3, -0.25) is 0 Å². The maximum Gasteiger partial charge on any atom is 0.245 e. The molecule has 0 aliphatic carbocycles. The number of anilines is 1. The summed E-state index contributed by atoms with van der Waals surface area (Å²) >= 11 is 0. The molecule has 3 aromatic heterocycles. The molecule has 4 rings (SSSR count). The minimum absolute atomic E-state index is 0.395. The van der Waals surface area contributed by atoms with Crippen LogP contribution in [0.1, 0.15) is 17.4 Å². The Kier molecular flexibility index (Phi) is 4.80. The molecule has 0 aliphatic rings. The van der Waals surface area contributed by atoms with Crippen LogP contribution in [-0.2, 0) is 17.7 Å². The highest BCUT2D eigenvalue weighted by molar-refractivity contribution is 5.66. The second-order valence-electron chi connectivity index (χ2n) is 6.15. The van der Waals surface area contributed by atoms with Gasteiger partial charge in [-0.15, -0.1) is 0 Å². The number of ether oxygens (including phenoxy) is 1. The molecule has 0 fully saturated rings. The minimum Gasteiger partial charge on any atom is -0.384 e. The summed E-state index contributed by atoms with van der Waals surface area (Å²) in [7, 11) is 1.65. The van der Waals surface area contributed by atoms with Gasteiger partial charge in [0.15, 0.2) is 11.5 Å². The average molecular weight is 364 g/mol. The molecule has 3 heterocycles. The van der Waals surface area contributed by atoms with E-state index in [0.29, 0.717) is 31.3 Å². The number of benzene rings is 1. The predicted molar refractivity (Wildman–Crippen MR) is 100 cm³/mol. The normalized spacial score (nSPS) is 11.2. The van der Waals surface area contributed by atoms with Crippen molar-refractivity contribution in [1.82, 2.24) is 24.7 Å². The maximum absolute atomic E-state index is 5.29. The van der Waals surface area contributed by atoms with Crippen LogP contribution < -0.4 is 5.32 Å². The van der Waals surface area contributed by atoms with Gasteiger partial charge in [-0.25, -0.2) is 4.98 Å². The number of hydrogen-bond donors (Lipinski definition) is 1. The fourth-order valence-electron chi connectivity index (χ4n) is 2.79. The van der Waals surface area contributed by atoms with Crippen molar-refractivity contribution in [3.63, 3.8) is 0 Å². The first-order valence-corrected chi connectivity index (χ1v) is 8.70. The van der Waals surface area contributed by atoms with E-state index in [4.69, 9.17) is 14.2 Å². The van der Waals surface area contributed by atoms with Gasteiger partial charge in [0.2, 0.25) is 5.89 Å². The third-order valence-corrected chi connectivity index (χ3v) is 4.08. The quantitative estimate of drug-likeness (QED) is 0.539. The van der Waals surface area contributed by atoms with E-state index in [9.17, 15) is 0 Å². The molecular weight excluding hydrogens is 344 g/mol. The Morgan fingerprint density at radius 3 is 2.81 bits per heavy atom. The zero-order valence-corrected chi connectivity index (χ0v) is 15.2. The van der Waals surface area contributed by atoms with Gasteiger partial charge >= 0.3 is 0 Å². The Labute approximate surface area is 156 Å². The standard InChI is InChI=1S/C19H20N6O2/c1-13-10-18-21-15(14-6-4-3-5-7-14)11-17(25(18)23-13)20-12-19-22-16(24-27-19)8-9-26-2/h3-7,10-11,20H,8-9,12H2,1-2H3. The summed E-state index contributed by atoms with van der Waals surface area (Å²) in [5, 5.41) is 11.8. The van der Waals surface area contributed by atoms with Crippen molar-refractivity contribution in [2.24, 2.45) is 0 Å². The molecule has 0 saturated carbocycles.